The van der Waals surface area contributed by atoms with Crippen molar-refractivity contribution in [2.75, 3.05) is 7.11 Å². The lowest BCUT2D eigenvalue weighted by atomic mass is 10.0. The van der Waals surface area contributed by atoms with Crippen molar-refractivity contribution < 1.29 is 9.53 Å². The second-order valence-electron chi connectivity index (χ2n) is 5.17. The minimum atomic E-state index is -0.122. The molecule has 1 atom stereocenters. The number of hydrogen-bond acceptors (Lipinski definition) is 2. The third kappa shape index (κ3) is 3.80. The molecule has 0 saturated carbocycles. The van der Waals surface area contributed by atoms with E-state index in [2.05, 4.69) is 5.32 Å². The maximum atomic E-state index is 12.4. The van der Waals surface area contributed by atoms with Gasteiger partial charge in [-0.05, 0) is 48.7 Å². The molecule has 0 heterocycles. The van der Waals surface area contributed by atoms with Crippen LogP contribution in [0, 0.1) is 6.92 Å². The van der Waals surface area contributed by atoms with Crippen molar-refractivity contribution >= 4 is 17.5 Å². The van der Waals surface area contributed by atoms with Crippen molar-refractivity contribution in [1.82, 2.24) is 5.32 Å². The van der Waals surface area contributed by atoms with Gasteiger partial charge in [0, 0.05) is 10.6 Å². The zero-order valence-electron chi connectivity index (χ0n) is 13.0. The molecule has 3 nitrogen and oxygen atoms in total. The topological polar surface area (TPSA) is 38.3 Å². The van der Waals surface area contributed by atoms with Crippen LogP contribution in [0.2, 0.25) is 5.02 Å². The summed E-state index contributed by atoms with van der Waals surface area (Å²) in [6, 6.07) is 12.9. The zero-order chi connectivity index (χ0) is 16.1. The Kier molecular flexibility index (Phi) is 5.45. The Hall–Kier alpha value is -2.00. The number of rotatable bonds is 5. The van der Waals surface area contributed by atoms with Crippen LogP contribution in [0.25, 0.3) is 0 Å². The van der Waals surface area contributed by atoms with E-state index in [1.54, 1.807) is 31.4 Å². The Labute approximate surface area is 136 Å². The number of methoxy groups -OCH3 is 1. The van der Waals surface area contributed by atoms with Crippen molar-refractivity contribution in [2.24, 2.45) is 0 Å². The molecule has 0 aliphatic rings. The number of hydrogen-bond donors (Lipinski definition) is 1. The molecule has 0 bridgehead atoms. The number of amides is 1. The minimum Gasteiger partial charge on any atom is -0.496 e. The van der Waals surface area contributed by atoms with Gasteiger partial charge in [-0.2, -0.15) is 0 Å². The molecule has 0 saturated heterocycles. The predicted molar refractivity (Wildman–Crippen MR) is 89.7 cm³/mol. The minimum absolute atomic E-state index is 0.0453. The lowest BCUT2D eigenvalue weighted by molar-refractivity contribution is 0.0935. The Morgan fingerprint density at radius 3 is 2.64 bits per heavy atom. The number of benzene rings is 2. The Morgan fingerprint density at radius 2 is 2.05 bits per heavy atom. The number of carbonyl (C=O) groups is 1. The van der Waals surface area contributed by atoms with Gasteiger partial charge in [0.15, 0.2) is 0 Å². The summed E-state index contributed by atoms with van der Waals surface area (Å²) in [5, 5.41) is 3.61. The van der Waals surface area contributed by atoms with Crippen LogP contribution < -0.4 is 10.1 Å². The summed E-state index contributed by atoms with van der Waals surface area (Å²) in [4.78, 5) is 12.4. The zero-order valence-corrected chi connectivity index (χ0v) is 13.8. The SMILES string of the molecule is CC[C@@H](NC(=O)c1cccc(Cl)c1)c1ccc(OC)c(C)c1. The first-order chi connectivity index (χ1) is 10.5. The van der Waals surface area contributed by atoms with Crippen LogP contribution in [0.3, 0.4) is 0 Å². The number of carbonyl (C=O) groups excluding carboxylic acids is 1. The van der Waals surface area contributed by atoms with E-state index in [-0.39, 0.29) is 11.9 Å². The molecule has 2 aromatic carbocycles. The van der Waals surface area contributed by atoms with Crippen LogP contribution in [-0.2, 0) is 0 Å². The molecular formula is C18H20ClNO2. The summed E-state index contributed by atoms with van der Waals surface area (Å²) in [5.74, 6) is 0.725. The molecule has 0 unspecified atom stereocenters. The molecule has 0 spiro atoms. The average Bonchev–Trinajstić information content (AvgIpc) is 2.52. The molecular weight excluding hydrogens is 298 g/mol. The van der Waals surface area contributed by atoms with E-state index in [1.807, 2.05) is 32.0 Å². The van der Waals surface area contributed by atoms with E-state index in [0.29, 0.717) is 10.6 Å². The third-order valence-electron chi connectivity index (χ3n) is 3.62. The number of aryl methyl sites for hydroxylation is 1. The summed E-state index contributed by atoms with van der Waals surface area (Å²) >= 11 is 5.94. The predicted octanol–water partition coefficient (Wildman–Crippen LogP) is 4.54. The normalized spacial score (nSPS) is 11.8. The van der Waals surface area contributed by atoms with E-state index in [0.717, 1.165) is 23.3 Å². The lowest BCUT2D eigenvalue weighted by Crippen LogP contribution is -2.28. The molecule has 2 aromatic rings. The Bertz CT molecular complexity index is 670. The smallest absolute Gasteiger partial charge is 0.251 e. The molecule has 22 heavy (non-hydrogen) atoms. The Balaban J connectivity index is 2.18. The number of nitrogens with one attached hydrogen (secondary N) is 1. The van der Waals surface area contributed by atoms with Crippen molar-refractivity contribution in [1.29, 1.82) is 0 Å². The highest BCUT2D eigenvalue weighted by Gasteiger charge is 2.15. The van der Waals surface area contributed by atoms with Gasteiger partial charge in [-0.15, -0.1) is 0 Å². The van der Waals surface area contributed by atoms with E-state index in [4.69, 9.17) is 16.3 Å². The largest absolute Gasteiger partial charge is 0.496 e. The molecule has 0 fully saturated rings. The second-order valence-corrected chi connectivity index (χ2v) is 5.61. The first-order valence-corrected chi connectivity index (χ1v) is 7.64. The lowest BCUT2D eigenvalue weighted by Gasteiger charge is -2.19. The van der Waals surface area contributed by atoms with Crippen LogP contribution in [0.15, 0.2) is 42.5 Å². The standard InChI is InChI=1S/C18H20ClNO2/c1-4-16(13-8-9-17(22-3)12(2)10-13)20-18(21)14-6-5-7-15(19)11-14/h5-11,16H,4H2,1-3H3,(H,20,21)/t16-/m1/s1. The van der Waals surface area contributed by atoms with E-state index < -0.39 is 0 Å². The molecule has 1 amide bonds. The van der Waals surface area contributed by atoms with Gasteiger partial charge in [0.05, 0.1) is 13.2 Å². The highest BCUT2D eigenvalue weighted by atomic mass is 35.5. The van der Waals surface area contributed by atoms with Crippen molar-refractivity contribution in [2.45, 2.75) is 26.3 Å². The average molecular weight is 318 g/mol. The molecule has 0 aromatic heterocycles. The van der Waals surface area contributed by atoms with Gasteiger partial charge in [0.2, 0.25) is 0 Å². The monoisotopic (exact) mass is 317 g/mol. The highest BCUT2D eigenvalue weighted by molar-refractivity contribution is 6.30. The van der Waals surface area contributed by atoms with Crippen molar-refractivity contribution in [3.8, 4) is 5.75 Å². The van der Waals surface area contributed by atoms with Crippen LogP contribution in [0.4, 0.5) is 0 Å². The first kappa shape index (κ1) is 16.4. The maximum absolute atomic E-state index is 12.4. The van der Waals surface area contributed by atoms with Gasteiger partial charge in [0.25, 0.3) is 5.91 Å². The quantitative estimate of drug-likeness (QED) is 0.879. The van der Waals surface area contributed by atoms with Gasteiger partial charge in [-0.1, -0.05) is 36.7 Å². The third-order valence-corrected chi connectivity index (χ3v) is 3.86. The number of halogens is 1. The summed E-state index contributed by atoms with van der Waals surface area (Å²) in [7, 11) is 1.65. The molecule has 116 valence electrons. The fraction of sp³-hybridized carbons (Fsp3) is 0.278. The summed E-state index contributed by atoms with van der Waals surface area (Å²) < 4.78 is 5.27. The van der Waals surface area contributed by atoms with E-state index in [1.165, 1.54) is 0 Å². The molecule has 0 radical (unpaired) electrons. The van der Waals surface area contributed by atoms with Crippen molar-refractivity contribution in [3.63, 3.8) is 0 Å². The molecule has 0 aliphatic heterocycles. The van der Waals surface area contributed by atoms with Crippen LogP contribution in [0.5, 0.6) is 5.75 Å². The molecule has 0 aliphatic carbocycles. The number of ether oxygens (including phenoxy) is 1. The maximum Gasteiger partial charge on any atom is 0.251 e. The van der Waals surface area contributed by atoms with Crippen LogP contribution in [0.1, 0.15) is 40.9 Å². The summed E-state index contributed by atoms with van der Waals surface area (Å²) in [6.07, 6.45) is 0.804. The molecule has 1 N–H and O–H groups in total. The molecule has 4 heteroatoms. The fourth-order valence-electron chi connectivity index (χ4n) is 2.41. The van der Waals surface area contributed by atoms with Gasteiger partial charge in [-0.25, -0.2) is 0 Å². The van der Waals surface area contributed by atoms with Crippen LogP contribution in [-0.4, -0.2) is 13.0 Å². The van der Waals surface area contributed by atoms with Gasteiger partial charge in [-0.3, -0.25) is 4.79 Å². The summed E-state index contributed by atoms with van der Waals surface area (Å²) in [6.45, 7) is 4.04. The second kappa shape index (κ2) is 7.32. The molecule has 2 rings (SSSR count). The van der Waals surface area contributed by atoms with Gasteiger partial charge >= 0.3 is 0 Å². The fourth-order valence-corrected chi connectivity index (χ4v) is 2.60. The first-order valence-electron chi connectivity index (χ1n) is 7.26. The van der Waals surface area contributed by atoms with Gasteiger partial charge < -0.3 is 10.1 Å². The van der Waals surface area contributed by atoms with Crippen molar-refractivity contribution in [3.05, 3.63) is 64.2 Å². The Morgan fingerprint density at radius 1 is 1.27 bits per heavy atom. The highest BCUT2D eigenvalue weighted by Crippen LogP contribution is 2.24. The van der Waals surface area contributed by atoms with E-state index >= 15 is 0 Å². The van der Waals surface area contributed by atoms with E-state index in [9.17, 15) is 4.79 Å². The summed E-state index contributed by atoms with van der Waals surface area (Å²) in [5.41, 5.74) is 2.68. The van der Waals surface area contributed by atoms with Crippen LogP contribution >= 0.6 is 11.6 Å². The van der Waals surface area contributed by atoms with Gasteiger partial charge in [0.1, 0.15) is 5.75 Å².